The van der Waals surface area contributed by atoms with Gasteiger partial charge in [-0.2, -0.15) is 0 Å². The van der Waals surface area contributed by atoms with E-state index in [9.17, 15) is 10.2 Å². The fraction of sp³-hybridized carbons (Fsp3) is 1.00. The number of hydrogen-bond donors (Lipinski definition) is 2. The second-order valence-corrected chi connectivity index (χ2v) is 3.92. The molecule has 4 atom stereocenters. The van der Waals surface area contributed by atoms with Gasteiger partial charge in [-0.15, -0.1) is 0 Å². The van der Waals surface area contributed by atoms with Gasteiger partial charge in [-0.25, -0.2) is 0 Å². The highest BCUT2D eigenvalue weighted by Gasteiger charge is 2.34. The second kappa shape index (κ2) is 3.73. The van der Waals surface area contributed by atoms with Crippen molar-refractivity contribution in [2.75, 3.05) is 0 Å². The first kappa shape index (κ1) is 9.96. The predicted molar refractivity (Wildman–Crippen MR) is 45.8 cm³/mol. The first-order valence-corrected chi connectivity index (χ1v) is 4.54. The van der Waals surface area contributed by atoms with Gasteiger partial charge in [0.2, 0.25) is 0 Å². The van der Waals surface area contributed by atoms with Gasteiger partial charge in [0.05, 0.1) is 18.3 Å². The minimum absolute atomic E-state index is 0.0819. The van der Waals surface area contributed by atoms with Crippen LogP contribution in [0.5, 0.6) is 0 Å². The first-order valence-electron chi connectivity index (χ1n) is 4.54. The van der Waals surface area contributed by atoms with Gasteiger partial charge in [-0.05, 0) is 12.8 Å². The third-order valence-electron chi connectivity index (χ3n) is 2.48. The third-order valence-corrected chi connectivity index (χ3v) is 2.48. The van der Waals surface area contributed by atoms with Crippen LogP contribution >= 0.6 is 0 Å². The molecule has 1 rings (SSSR count). The summed E-state index contributed by atoms with van der Waals surface area (Å²) < 4.78 is 5.52. The largest absolute Gasteiger partial charge is 0.390 e. The maximum absolute atomic E-state index is 9.44. The summed E-state index contributed by atoms with van der Waals surface area (Å²) in [6, 6.07) is 0. The molecule has 1 fully saturated rings. The van der Waals surface area contributed by atoms with Crippen molar-refractivity contribution < 1.29 is 14.9 Å². The summed E-state index contributed by atoms with van der Waals surface area (Å²) in [5.74, 6) is 0.398. The highest BCUT2D eigenvalue weighted by molar-refractivity contribution is 4.84. The van der Waals surface area contributed by atoms with E-state index in [4.69, 9.17) is 4.74 Å². The molecule has 72 valence electrons. The average Bonchev–Trinajstić information content (AvgIpc) is 1.99. The summed E-state index contributed by atoms with van der Waals surface area (Å²) >= 11 is 0. The standard InChI is InChI=1S/C9H18O3/c1-5(2)8-4-7(10)9(11)6(3)12-8/h5-11H,4H2,1-3H3/t6?,7?,8-,9?/m1/s1. The van der Waals surface area contributed by atoms with Crippen LogP contribution < -0.4 is 0 Å². The molecule has 3 heteroatoms. The molecule has 1 heterocycles. The Balaban J connectivity index is 2.53. The Bertz CT molecular complexity index is 135. The minimum Gasteiger partial charge on any atom is -0.390 e. The van der Waals surface area contributed by atoms with Crippen molar-refractivity contribution in [2.24, 2.45) is 5.92 Å². The van der Waals surface area contributed by atoms with E-state index in [1.54, 1.807) is 6.92 Å². The third kappa shape index (κ3) is 1.97. The zero-order chi connectivity index (χ0) is 9.30. The van der Waals surface area contributed by atoms with E-state index in [0.717, 1.165) is 0 Å². The fourth-order valence-electron chi connectivity index (χ4n) is 1.53. The molecule has 0 saturated carbocycles. The van der Waals surface area contributed by atoms with E-state index in [0.29, 0.717) is 12.3 Å². The fourth-order valence-corrected chi connectivity index (χ4v) is 1.53. The smallest absolute Gasteiger partial charge is 0.106 e. The quantitative estimate of drug-likeness (QED) is 0.610. The lowest BCUT2D eigenvalue weighted by molar-refractivity contribution is -0.171. The lowest BCUT2D eigenvalue weighted by Gasteiger charge is -2.37. The van der Waals surface area contributed by atoms with Crippen molar-refractivity contribution in [3.63, 3.8) is 0 Å². The van der Waals surface area contributed by atoms with Crippen LogP contribution in [-0.4, -0.2) is 34.6 Å². The Morgan fingerprint density at radius 3 is 2.33 bits per heavy atom. The first-order chi connectivity index (χ1) is 5.52. The number of hydrogen-bond acceptors (Lipinski definition) is 3. The molecule has 0 aromatic rings. The van der Waals surface area contributed by atoms with Crippen molar-refractivity contribution in [1.82, 2.24) is 0 Å². The lowest BCUT2D eigenvalue weighted by Crippen LogP contribution is -2.48. The highest BCUT2D eigenvalue weighted by atomic mass is 16.5. The van der Waals surface area contributed by atoms with Crippen molar-refractivity contribution in [2.45, 2.75) is 51.6 Å². The summed E-state index contributed by atoms with van der Waals surface area (Å²) in [5, 5.41) is 18.8. The normalized spacial score (nSPS) is 43.5. The van der Waals surface area contributed by atoms with E-state index in [2.05, 4.69) is 13.8 Å². The second-order valence-electron chi connectivity index (χ2n) is 3.92. The van der Waals surface area contributed by atoms with Gasteiger partial charge >= 0.3 is 0 Å². The SMILES string of the molecule is CC1O[C@@H](C(C)C)CC(O)C1O. The van der Waals surface area contributed by atoms with Crippen LogP contribution in [0.2, 0.25) is 0 Å². The number of aliphatic hydroxyl groups is 2. The molecular weight excluding hydrogens is 156 g/mol. The summed E-state index contributed by atoms with van der Waals surface area (Å²) in [5.41, 5.74) is 0. The Morgan fingerprint density at radius 1 is 1.33 bits per heavy atom. The van der Waals surface area contributed by atoms with E-state index >= 15 is 0 Å². The number of rotatable bonds is 1. The Labute approximate surface area is 73.4 Å². The van der Waals surface area contributed by atoms with Crippen LogP contribution in [0.3, 0.4) is 0 Å². The average molecular weight is 174 g/mol. The highest BCUT2D eigenvalue weighted by Crippen LogP contribution is 2.24. The van der Waals surface area contributed by atoms with Crippen molar-refractivity contribution >= 4 is 0 Å². The van der Waals surface area contributed by atoms with Crippen LogP contribution in [0.25, 0.3) is 0 Å². The molecule has 12 heavy (non-hydrogen) atoms. The van der Waals surface area contributed by atoms with Crippen molar-refractivity contribution in [3.8, 4) is 0 Å². The zero-order valence-corrected chi connectivity index (χ0v) is 7.90. The molecular formula is C9H18O3. The Morgan fingerprint density at radius 2 is 1.92 bits per heavy atom. The Hall–Kier alpha value is -0.120. The number of ether oxygens (including phenoxy) is 1. The zero-order valence-electron chi connectivity index (χ0n) is 7.90. The minimum atomic E-state index is -0.722. The van der Waals surface area contributed by atoms with E-state index in [1.807, 2.05) is 0 Å². The van der Waals surface area contributed by atoms with Gasteiger partial charge in [0, 0.05) is 6.42 Å². The van der Waals surface area contributed by atoms with Crippen LogP contribution in [-0.2, 0) is 4.74 Å². The summed E-state index contributed by atoms with van der Waals surface area (Å²) in [7, 11) is 0. The summed E-state index contributed by atoms with van der Waals surface area (Å²) in [6.07, 6.45) is -0.968. The molecule has 0 aromatic carbocycles. The van der Waals surface area contributed by atoms with E-state index in [-0.39, 0.29) is 12.2 Å². The van der Waals surface area contributed by atoms with Crippen LogP contribution in [0.4, 0.5) is 0 Å². The van der Waals surface area contributed by atoms with Gasteiger partial charge in [-0.3, -0.25) is 0 Å². The molecule has 3 unspecified atom stereocenters. The van der Waals surface area contributed by atoms with E-state index < -0.39 is 12.2 Å². The predicted octanol–water partition coefficient (Wildman–Crippen LogP) is 0.542. The van der Waals surface area contributed by atoms with E-state index in [1.165, 1.54) is 0 Å². The summed E-state index contributed by atoms with van der Waals surface area (Å²) in [6.45, 7) is 5.91. The molecule has 0 spiro atoms. The lowest BCUT2D eigenvalue weighted by atomic mass is 9.93. The summed E-state index contributed by atoms with van der Waals surface area (Å²) in [4.78, 5) is 0. The molecule has 2 N–H and O–H groups in total. The van der Waals surface area contributed by atoms with Gasteiger partial charge in [0.25, 0.3) is 0 Å². The molecule has 1 saturated heterocycles. The maximum atomic E-state index is 9.44. The molecule has 0 bridgehead atoms. The monoisotopic (exact) mass is 174 g/mol. The molecule has 0 aromatic heterocycles. The van der Waals surface area contributed by atoms with Crippen LogP contribution in [0.15, 0.2) is 0 Å². The maximum Gasteiger partial charge on any atom is 0.106 e. The Kier molecular flexibility index (Phi) is 3.09. The molecule has 0 amide bonds. The van der Waals surface area contributed by atoms with Crippen molar-refractivity contribution in [3.05, 3.63) is 0 Å². The van der Waals surface area contributed by atoms with Gasteiger partial charge in [0.15, 0.2) is 0 Å². The van der Waals surface area contributed by atoms with Crippen LogP contribution in [0.1, 0.15) is 27.2 Å². The van der Waals surface area contributed by atoms with Gasteiger partial charge in [-0.1, -0.05) is 13.8 Å². The molecule has 0 aliphatic carbocycles. The van der Waals surface area contributed by atoms with Gasteiger partial charge in [0.1, 0.15) is 6.10 Å². The molecule has 1 aliphatic rings. The van der Waals surface area contributed by atoms with Gasteiger partial charge < -0.3 is 14.9 Å². The van der Waals surface area contributed by atoms with Crippen molar-refractivity contribution in [1.29, 1.82) is 0 Å². The molecule has 1 aliphatic heterocycles. The molecule has 3 nitrogen and oxygen atoms in total. The molecule has 0 radical (unpaired) electrons. The topological polar surface area (TPSA) is 49.7 Å². The van der Waals surface area contributed by atoms with Crippen LogP contribution in [0, 0.1) is 5.92 Å². The number of aliphatic hydroxyl groups excluding tert-OH is 2.